The van der Waals surface area contributed by atoms with E-state index in [-0.39, 0.29) is 23.2 Å². The molecular formula is C27H23ClF3N5O. The van der Waals surface area contributed by atoms with Gasteiger partial charge in [-0.15, -0.1) is 0 Å². The van der Waals surface area contributed by atoms with Crippen molar-refractivity contribution >= 4 is 39.2 Å². The minimum atomic E-state index is -4.31. The summed E-state index contributed by atoms with van der Waals surface area (Å²) in [5.74, 6) is 1.00. The molecule has 0 aliphatic heterocycles. The molecule has 0 saturated heterocycles. The number of ether oxygens (including phenoxy) is 1. The second-order valence-electron chi connectivity index (χ2n) is 9.07. The van der Waals surface area contributed by atoms with Crippen molar-refractivity contribution in [3.8, 4) is 17.0 Å². The summed E-state index contributed by atoms with van der Waals surface area (Å²) in [5, 5.41) is 7.50. The van der Waals surface area contributed by atoms with Crippen molar-refractivity contribution in [3.05, 3.63) is 77.1 Å². The third kappa shape index (κ3) is 5.17. The lowest BCUT2D eigenvalue weighted by Crippen LogP contribution is -2.12. The Labute approximate surface area is 215 Å². The maximum absolute atomic E-state index is 12.7. The summed E-state index contributed by atoms with van der Waals surface area (Å²) in [5.41, 5.74) is 9.20. The van der Waals surface area contributed by atoms with E-state index in [0.29, 0.717) is 22.8 Å². The Bertz CT molecular complexity index is 1610. The molecule has 10 heteroatoms. The molecule has 0 fully saturated rings. The van der Waals surface area contributed by atoms with E-state index in [9.17, 15) is 13.2 Å². The van der Waals surface area contributed by atoms with Crippen LogP contribution in [0.15, 0.2) is 60.9 Å². The molecule has 0 amide bonds. The maximum atomic E-state index is 12.7. The van der Waals surface area contributed by atoms with Crippen LogP contribution in [0.1, 0.15) is 31.0 Å². The van der Waals surface area contributed by atoms with Crippen LogP contribution in [0.25, 0.3) is 33.1 Å². The molecule has 3 aromatic carbocycles. The van der Waals surface area contributed by atoms with Crippen molar-refractivity contribution in [2.24, 2.45) is 0 Å². The van der Waals surface area contributed by atoms with Crippen molar-refractivity contribution in [2.45, 2.75) is 39.1 Å². The van der Waals surface area contributed by atoms with Crippen molar-refractivity contribution in [1.29, 1.82) is 0 Å². The molecule has 5 rings (SSSR count). The second kappa shape index (κ2) is 9.55. The SMILES string of the molecule is CC(C)n1nc(-c2ccc3cc(OCc4ccc(CC(F)(F)F)c(Cl)c4)ccc3c2)c2c(N)ncnc21. The highest BCUT2D eigenvalue weighted by Gasteiger charge is 2.28. The number of halogens is 4. The van der Waals surface area contributed by atoms with Gasteiger partial charge >= 0.3 is 6.18 Å². The number of hydrogen-bond acceptors (Lipinski definition) is 5. The average Bonchev–Trinajstić information content (AvgIpc) is 3.24. The van der Waals surface area contributed by atoms with Gasteiger partial charge < -0.3 is 10.5 Å². The molecule has 0 radical (unpaired) electrons. The summed E-state index contributed by atoms with van der Waals surface area (Å²) in [4.78, 5) is 8.54. The van der Waals surface area contributed by atoms with Crippen LogP contribution in [0.2, 0.25) is 5.02 Å². The Balaban J connectivity index is 1.38. The van der Waals surface area contributed by atoms with E-state index in [0.717, 1.165) is 27.4 Å². The molecule has 0 bridgehead atoms. The highest BCUT2D eigenvalue weighted by Crippen LogP contribution is 2.34. The van der Waals surface area contributed by atoms with E-state index in [4.69, 9.17) is 27.2 Å². The van der Waals surface area contributed by atoms with Gasteiger partial charge in [-0.25, -0.2) is 14.6 Å². The first-order chi connectivity index (χ1) is 17.6. The summed E-state index contributed by atoms with van der Waals surface area (Å²) in [6.45, 7) is 4.23. The quantitative estimate of drug-likeness (QED) is 0.255. The van der Waals surface area contributed by atoms with Crippen LogP contribution < -0.4 is 10.5 Å². The Morgan fingerprint density at radius 1 is 1.00 bits per heavy atom. The molecule has 0 aliphatic rings. The lowest BCUT2D eigenvalue weighted by molar-refractivity contribution is -0.127. The molecule has 5 aromatic rings. The zero-order valence-corrected chi connectivity index (χ0v) is 20.8. The van der Waals surface area contributed by atoms with E-state index >= 15 is 0 Å². The first-order valence-electron chi connectivity index (χ1n) is 11.6. The van der Waals surface area contributed by atoms with E-state index in [1.54, 1.807) is 6.07 Å². The number of anilines is 1. The summed E-state index contributed by atoms with van der Waals surface area (Å²) in [7, 11) is 0. The number of fused-ring (bicyclic) bond motifs is 2. The molecule has 0 unspecified atom stereocenters. The Morgan fingerprint density at radius 3 is 2.49 bits per heavy atom. The number of alkyl halides is 3. The fraction of sp³-hybridized carbons (Fsp3) is 0.222. The molecule has 37 heavy (non-hydrogen) atoms. The molecule has 0 spiro atoms. The minimum Gasteiger partial charge on any atom is -0.489 e. The predicted molar refractivity (Wildman–Crippen MR) is 139 cm³/mol. The molecule has 0 saturated carbocycles. The Kier molecular flexibility index (Phi) is 6.41. The lowest BCUT2D eigenvalue weighted by Gasteiger charge is -2.11. The van der Waals surface area contributed by atoms with Crippen LogP contribution in [0.3, 0.4) is 0 Å². The molecule has 0 atom stereocenters. The third-order valence-corrected chi connectivity index (χ3v) is 6.36. The van der Waals surface area contributed by atoms with Gasteiger partial charge in [-0.2, -0.15) is 18.3 Å². The number of aromatic nitrogens is 4. The van der Waals surface area contributed by atoms with Crippen LogP contribution in [0.5, 0.6) is 5.75 Å². The topological polar surface area (TPSA) is 78.9 Å². The summed E-state index contributed by atoms with van der Waals surface area (Å²) >= 11 is 6.05. The first-order valence-corrected chi connectivity index (χ1v) is 12.0. The molecule has 190 valence electrons. The third-order valence-electron chi connectivity index (χ3n) is 6.01. The normalized spacial score (nSPS) is 12.1. The first kappa shape index (κ1) is 24.8. The predicted octanol–water partition coefficient (Wildman–Crippen LogP) is 7.15. The monoisotopic (exact) mass is 525 g/mol. The van der Waals surface area contributed by atoms with Gasteiger partial charge in [0.25, 0.3) is 0 Å². The van der Waals surface area contributed by atoms with Gasteiger partial charge in [0.05, 0.1) is 11.8 Å². The van der Waals surface area contributed by atoms with E-state index < -0.39 is 12.6 Å². The maximum Gasteiger partial charge on any atom is 0.393 e. The van der Waals surface area contributed by atoms with Gasteiger partial charge in [0.2, 0.25) is 0 Å². The number of nitrogens with zero attached hydrogens (tertiary/aromatic N) is 4. The highest BCUT2D eigenvalue weighted by atomic mass is 35.5. The second-order valence-corrected chi connectivity index (χ2v) is 9.48. The zero-order valence-electron chi connectivity index (χ0n) is 20.1. The van der Waals surface area contributed by atoms with Gasteiger partial charge in [-0.05, 0) is 60.0 Å². The molecule has 6 nitrogen and oxygen atoms in total. The van der Waals surface area contributed by atoms with Gasteiger partial charge in [0.1, 0.15) is 30.2 Å². The van der Waals surface area contributed by atoms with E-state index in [2.05, 4.69) is 9.97 Å². The van der Waals surface area contributed by atoms with E-state index in [1.807, 2.05) is 54.9 Å². The number of hydrogen-bond donors (Lipinski definition) is 1. The molecule has 2 heterocycles. The minimum absolute atomic E-state index is 0.0405. The van der Waals surface area contributed by atoms with Crippen LogP contribution in [-0.4, -0.2) is 25.9 Å². The number of rotatable bonds is 6. The Hall–Kier alpha value is -3.85. The number of benzene rings is 3. The Morgan fingerprint density at radius 2 is 1.76 bits per heavy atom. The van der Waals surface area contributed by atoms with Crippen LogP contribution in [0, 0.1) is 0 Å². The molecule has 2 aromatic heterocycles. The van der Waals surface area contributed by atoms with Crippen molar-refractivity contribution in [1.82, 2.24) is 19.7 Å². The lowest BCUT2D eigenvalue weighted by atomic mass is 10.0. The number of nitrogen functional groups attached to an aromatic ring is 1. The van der Waals surface area contributed by atoms with Crippen molar-refractivity contribution in [3.63, 3.8) is 0 Å². The summed E-state index contributed by atoms with van der Waals surface area (Å²) < 4.78 is 45.7. The van der Waals surface area contributed by atoms with Gasteiger partial charge in [-0.1, -0.05) is 41.9 Å². The largest absolute Gasteiger partial charge is 0.489 e. The molecular weight excluding hydrogens is 503 g/mol. The van der Waals surface area contributed by atoms with Crippen LogP contribution in [-0.2, 0) is 13.0 Å². The fourth-order valence-corrected chi connectivity index (χ4v) is 4.49. The smallest absolute Gasteiger partial charge is 0.393 e. The molecule has 2 N–H and O–H groups in total. The van der Waals surface area contributed by atoms with Crippen molar-refractivity contribution < 1.29 is 17.9 Å². The summed E-state index contributed by atoms with van der Waals surface area (Å²) in [6, 6.07) is 16.2. The van der Waals surface area contributed by atoms with Crippen LogP contribution in [0.4, 0.5) is 19.0 Å². The summed E-state index contributed by atoms with van der Waals surface area (Å²) in [6.07, 6.45) is -3.93. The van der Waals surface area contributed by atoms with Gasteiger partial charge in [0, 0.05) is 16.6 Å². The van der Waals surface area contributed by atoms with Gasteiger partial charge in [-0.3, -0.25) is 0 Å². The highest BCUT2D eigenvalue weighted by molar-refractivity contribution is 6.31. The van der Waals surface area contributed by atoms with Gasteiger partial charge in [0.15, 0.2) is 5.65 Å². The van der Waals surface area contributed by atoms with Crippen LogP contribution >= 0.6 is 11.6 Å². The van der Waals surface area contributed by atoms with Crippen molar-refractivity contribution in [2.75, 3.05) is 5.73 Å². The molecule has 0 aliphatic carbocycles. The van der Waals surface area contributed by atoms with E-state index in [1.165, 1.54) is 18.5 Å². The zero-order chi connectivity index (χ0) is 26.3. The number of nitrogens with two attached hydrogens (primary N) is 1. The average molecular weight is 526 g/mol. The fourth-order valence-electron chi connectivity index (χ4n) is 4.23. The standard InChI is InChI=1S/C27H23ClF3N5O/c1-15(2)36-26-23(25(32)33-14-34-26)24(35-36)19-6-5-18-11-21(8-7-17(18)10-19)37-13-16-3-4-20(22(28)9-16)12-27(29,30)31/h3-11,14-15H,12-13H2,1-2H3,(H2,32,33,34).